The fraction of sp³-hybridized carbons (Fsp3) is 0.222. The minimum absolute atomic E-state index is 0.173. The average Bonchev–Trinajstić information content (AvgIpc) is 3.11. The summed E-state index contributed by atoms with van der Waals surface area (Å²) in [5.74, 6) is 1.22. The molecule has 3 aromatic carbocycles. The predicted molar refractivity (Wildman–Crippen MR) is 133 cm³/mol. The standard InChI is InChI=1S/C27H26BrNO4/c1-3-31-25(30)14-21-8-4-5-10-24(21)32-16-19-12-22(20-9-6-7-18(11-20)15-29)27-23(13-19)26(28)17(2)33-27/h4-13H,3,14-16,29H2,1-2H3. The molecule has 0 amide bonds. The molecule has 0 saturated carbocycles. The van der Waals surface area contributed by atoms with E-state index in [0.717, 1.165) is 49.0 Å². The number of aryl methyl sites for hydroxylation is 1. The lowest BCUT2D eigenvalue weighted by molar-refractivity contribution is -0.142. The number of fused-ring (bicyclic) bond motifs is 1. The second kappa shape index (κ2) is 10.2. The number of hydrogen-bond donors (Lipinski definition) is 1. The van der Waals surface area contributed by atoms with Crippen LogP contribution in [-0.4, -0.2) is 12.6 Å². The fourth-order valence-electron chi connectivity index (χ4n) is 3.83. The van der Waals surface area contributed by atoms with E-state index in [9.17, 15) is 4.79 Å². The molecule has 0 atom stereocenters. The van der Waals surface area contributed by atoms with Crippen LogP contribution in [0.5, 0.6) is 5.75 Å². The molecule has 0 bridgehead atoms. The summed E-state index contributed by atoms with van der Waals surface area (Å²) < 4.78 is 18.3. The van der Waals surface area contributed by atoms with Crippen molar-refractivity contribution in [3.8, 4) is 16.9 Å². The molecule has 33 heavy (non-hydrogen) atoms. The van der Waals surface area contributed by atoms with Crippen LogP contribution in [0.15, 0.2) is 69.6 Å². The van der Waals surface area contributed by atoms with Gasteiger partial charge in [-0.15, -0.1) is 0 Å². The van der Waals surface area contributed by atoms with E-state index in [1.54, 1.807) is 6.92 Å². The summed E-state index contributed by atoms with van der Waals surface area (Å²) in [7, 11) is 0. The summed E-state index contributed by atoms with van der Waals surface area (Å²) in [6.07, 6.45) is 0.173. The molecular weight excluding hydrogens is 482 g/mol. The van der Waals surface area contributed by atoms with Crippen molar-refractivity contribution in [1.29, 1.82) is 0 Å². The Morgan fingerprint density at radius 2 is 1.88 bits per heavy atom. The summed E-state index contributed by atoms with van der Waals surface area (Å²) in [4.78, 5) is 12.0. The molecule has 0 saturated heterocycles. The Bertz CT molecular complexity index is 1290. The molecule has 0 unspecified atom stereocenters. The molecule has 2 N–H and O–H groups in total. The third-order valence-corrected chi connectivity index (χ3v) is 6.42. The number of ether oxygens (including phenoxy) is 2. The molecule has 6 heteroatoms. The van der Waals surface area contributed by atoms with E-state index in [-0.39, 0.29) is 12.4 Å². The highest BCUT2D eigenvalue weighted by atomic mass is 79.9. The number of esters is 1. The van der Waals surface area contributed by atoms with E-state index < -0.39 is 0 Å². The maximum absolute atomic E-state index is 12.0. The minimum Gasteiger partial charge on any atom is -0.489 e. The Morgan fingerprint density at radius 1 is 1.06 bits per heavy atom. The zero-order valence-electron chi connectivity index (χ0n) is 18.7. The molecule has 0 fully saturated rings. The Labute approximate surface area is 201 Å². The maximum atomic E-state index is 12.0. The van der Waals surface area contributed by atoms with Crippen LogP contribution in [0.4, 0.5) is 0 Å². The predicted octanol–water partition coefficient (Wildman–Crippen LogP) is 6.31. The number of nitrogens with two attached hydrogens (primary N) is 1. The largest absolute Gasteiger partial charge is 0.489 e. The van der Waals surface area contributed by atoms with Gasteiger partial charge in [0, 0.05) is 23.1 Å². The third-order valence-electron chi connectivity index (χ3n) is 5.43. The van der Waals surface area contributed by atoms with Gasteiger partial charge in [-0.05, 0) is 70.7 Å². The Hall–Kier alpha value is -3.09. The van der Waals surface area contributed by atoms with Crippen molar-refractivity contribution in [2.45, 2.75) is 33.4 Å². The Morgan fingerprint density at radius 3 is 2.67 bits per heavy atom. The van der Waals surface area contributed by atoms with Gasteiger partial charge in [-0.25, -0.2) is 0 Å². The van der Waals surface area contributed by atoms with Gasteiger partial charge in [0.2, 0.25) is 0 Å². The zero-order valence-corrected chi connectivity index (χ0v) is 20.3. The number of carbonyl (C=O) groups excluding carboxylic acids is 1. The van der Waals surface area contributed by atoms with E-state index in [1.165, 1.54) is 0 Å². The smallest absolute Gasteiger partial charge is 0.310 e. The fourth-order valence-corrected chi connectivity index (χ4v) is 4.21. The number of para-hydroxylation sites is 1. The van der Waals surface area contributed by atoms with Crippen LogP contribution in [-0.2, 0) is 29.1 Å². The number of halogens is 1. The van der Waals surface area contributed by atoms with E-state index in [4.69, 9.17) is 19.6 Å². The van der Waals surface area contributed by atoms with Crippen LogP contribution in [0.3, 0.4) is 0 Å². The van der Waals surface area contributed by atoms with Gasteiger partial charge in [0.25, 0.3) is 0 Å². The van der Waals surface area contributed by atoms with Crippen LogP contribution in [0.2, 0.25) is 0 Å². The second-order valence-corrected chi connectivity index (χ2v) is 8.57. The van der Waals surface area contributed by atoms with Crippen molar-refractivity contribution in [2.24, 2.45) is 5.73 Å². The van der Waals surface area contributed by atoms with Crippen LogP contribution in [0.25, 0.3) is 22.1 Å². The van der Waals surface area contributed by atoms with E-state index in [2.05, 4.69) is 40.2 Å². The van der Waals surface area contributed by atoms with Crippen molar-refractivity contribution < 1.29 is 18.7 Å². The number of furan rings is 1. The summed E-state index contributed by atoms with van der Waals surface area (Å²) in [6.45, 7) is 4.90. The van der Waals surface area contributed by atoms with E-state index >= 15 is 0 Å². The van der Waals surface area contributed by atoms with Gasteiger partial charge in [-0.2, -0.15) is 0 Å². The normalized spacial score (nSPS) is 11.0. The SMILES string of the molecule is CCOC(=O)Cc1ccccc1OCc1cc(-c2cccc(CN)c2)c2oc(C)c(Br)c2c1. The summed E-state index contributed by atoms with van der Waals surface area (Å²) in [5, 5.41) is 0.988. The summed E-state index contributed by atoms with van der Waals surface area (Å²) in [6, 6.07) is 19.8. The van der Waals surface area contributed by atoms with Crippen LogP contribution < -0.4 is 10.5 Å². The highest BCUT2D eigenvalue weighted by Crippen LogP contribution is 2.38. The van der Waals surface area contributed by atoms with Gasteiger partial charge in [0.1, 0.15) is 23.7 Å². The van der Waals surface area contributed by atoms with Gasteiger partial charge >= 0.3 is 5.97 Å². The summed E-state index contributed by atoms with van der Waals surface area (Å²) >= 11 is 3.66. The molecule has 0 aliphatic rings. The van der Waals surface area contributed by atoms with Crippen molar-refractivity contribution in [1.82, 2.24) is 0 Å². The molecule has 4 rings (SSSR count). The van der Waals surface area contributed by atoms with Gasteiger partial charge < -0.3 is 19.6 Å². The molecular formula is C27H26BrNO4. The third kappa shape index (κ3) is 5.13. The quantitative estimate of drug-likeness (QED) is 0.282. The lowest BCUT2D eigenvalue weighted by atomic mass is 9.99. The van der Waals surface area contributed by atoms with Crippen LogP contribution >= 0.6 is 15.9 Å². The van der Waals surface area contributed by atoms with Crippen LogP contribution in [0.1, 0.15) is 29.4 Å². The summed E-state index contributed by atoms with van der Waals surface area (Å²) in [5.41, 5.74) is 11.5. The topological polar surface area (TPSA) is 74.7 Å². The number of rotatable bonds is 8. The molecule has 5 nitrogen and oxygen atoms in total. The molecule has 4 aromatic rings. The molecule has 0 aliphatic heterocycles. The van der Waals surface area contributed by atoms with Gasteiger partial charge in [-0.3, -0.25) is 4.79 Å². The van der Waals surface area contributed by atoms with E-state index in [0.29, 0.717) is 25.5 Å². The molecule has 1 heterocycles. The molecule has 0 radical (unpaired) electrons. The number of benzene rings is 3. The zero-order chi connectivity index (χ0) is 23.4. The van der Waals surface area contributed by atoms with Gasteiger partial charge in [0.15, 0.2) is 0 Å². The lowest BCUT2D eigenvalue weighted by Crippen LogP contribution is -2.09. The van der Waals surface area contributed by atoms with Crippen molar-refractivity contribution in [3.05, 3.63) is 87.6 Å². The highest BCUT2D eigenvalue weighted by molar-refractivity contribution is 9.10. The first kappa shape index (κ1) is 23.1. The van der Waals surface area contributed by atoms with Crippen molar-refractivity contribution >= 4 is 32.9 Å². The molecule has 170 valence electrons. The monoisotopic (exact) mass is 507 g/mol. The van der Waals surface area contributed by atoms with Gasteiger partial charge in [-0.1, -0.05) is 36.4 Å². The maximum Gasteiger partial charge on any atom is 0.310 e. The first-order chi connectivity index (χ1) is 16.0. The first-order valence-electron chi connectivity index (χ1n) is 10.9. The van der Waals surface area contributed by atoms with Crippen molar-refractivity contribution in [2.75, 3.05) is 6.61 Å². The van der Waals surface area contributed by atoms with Crippen molar-refractivity contribution in [3.63, 3.8) is 0 Å². The molecule has 1 aromatic heterocycles. The average molecular weight is 508 g/mol. The van der Waals surface area contributed by atoms with Crippen LogP contribution in [0, 0.1) is 6.92 Å². The van der Waals surface area contributed by atoms with E-state index in [1.807, 2.05) is 43.3 Å². The lowest BCUT2D eigenvalue weighted by Gasteiger charge is -2.13. The minimum atomic E-state index is -0.269. The second-order valence-electron chi connectivity index (χ2n) is 7.77. The van der Waals surface area contributed by atoms with Gasteiger partial charge in [0.05, 0.1) is 17.5 Å². The molecule has 0 aliphatic carbocycles. The number of carbonyl (C=O) groups is 1. The first-order valence-corrected chi connectivity index (χ1v) is 11.7. The highest BCUT2D eigenvalue weighted by Gasteiger charge is 2.16. The number of hydrogen-bond acceptors (Lipinski definition) is 5. The Kier molecular flexibility index (Phi) is 7.16. The molecule has 0 spiro atoms. The Balaban J connectivity index is 1.68.